The standard InChI is InChI=1S/C11H18N2O6/c14-9(15)5-8(10(16)17)13-11(18)12-6-7-1-3-19-4-2-7/h7-8H,1-6H2,(H,14,15)(H,16,17)(H2,12,13,18)/t8-/m1/s1. The number of hydrogen-bond donors (Lipinski definition) is 4. The van der Waals surface area contributed by atoms with Gasteiger partial charge >= 0.3 is 18.0 Å². The first-order chi connectivity index (χ1) is 8.99. The molecule has 8 nitrogen and oxygen atoms in total. The van der Waals surface area contributed by atoms with E-state index in [0.717, 1.165) is 12.8 Å². The maximum atomic E-state index is 11.5. The van der Waals surface area contributed by atoms with Crippen LogP contribution in [0.2, 0.25) is 0 Å². The molecule has 1 atom stereocenters. The first kappa shape index (κ1) is 15.2. The van der Waals surface area contributed by atoms with E-state index in [1.165, 1.54) is 0 Å². The van der Waals surface area contributed by atoms with Gasteiger partial charge in [-0.05, 0) is 18.8 Å². The average Bonchev–Trinajstić information content (AvgIpc) is 2.36. The fourth-order valence-electron chi connectivity index (χ4n) is 1.77. The zero-order chi connectivity index (χ0) is 14.3. The summed E-state index contributed by atoms with van der Waals surface area (Å²) in [6, 6.07) is -2.09. The highest BCUT2D eigenvalue weighted by Gasteiger charge is 2.23. The molecule has 8 heteroatoms. The summed E-state index contributed by atoms with van der Waals surface area (Å²) in [6.07, 6.45) is 1.04. The molecular formula is C11H18N2O6. The van der Waals surface area contributed by atoms with Gasteiger partial charge in [0.15, 0.2) is 0 Å². The van der Waals surface area contributed by atoms with Gasteiger partial charge in [0.25, 0.3) is 0 Å². The molecule has 0 aliphatic carbocycles. The van der Waals surface area contributed by atoms with Gasteiger partial charge in [-0.3, -0.25) is 4.79 Å². The first-order valence-electron chi connectivity index (χ1n) is 6.05. The molecule has 108 valence electrons. The number of nitrogens with one attached hydrogen (secondary N) is 2. The van der Waals surface area contributed by atoms with Crippen molar-refractivity contribution in [2.24, 2.45) is 5.92 Å². The van der Waals surface area contributed by atoms with Crippen LogP contribution in [-0.4, -0.2) is 54.0 Å². The third-order valence-corrected chi connectivity index (χ3v) is 2.87. The predicted octanol–water partition coefficient (Wildman–Crippen LogP) is -0.360. The highest BCUT2D eigenvalue weighted by atomic mass is 16.5. The highest BCUT2D eigenvalue weighted by molar-refractivity contribution is 5.86. The SMILES string of the molecule is O=C(O)C[C@@H](NC(=O)NCC1CCOCC1)C(=O)O. The molecule has 0 aromatic heterocycles. The normalized spacial score (nSPS) is 17.5. The van der Waals surface area contributed by atoms with Crippen LogP contribution in [0.25, 0.3) is 0 Å². The van der Waals surface area contributed by atoms with Crippen LogP contribution in [0.1, 0.15) is 19.3 Å². The maximum absolute atomic E-state index is 11.5. The third kappa shape index (κ3) is 6.05. The monoisotopic (exact) mass is 274 g/mol. The van der Waals surface area contributed by atoms with Crippen molar-refractivity contribution >= 4 is 18.0 Å². The molecule has 0 radical (unpaired) electrons. The van der Waals surface area contributed by atoms with Crippen molar-refractivity contribution in [2.75, 3.05) is 19.8 Å². The van der Waals surface area contributed by atoms with Crippen LogP contribution in [-0.2, 0) is 14.3 Å². The van der Waals surface area contributed by atoms with E-state index in [1.807, 2.05) is 0 Å². The number of carbonyl (C=O) groups excluding carboxylic acids is 1. The second-order valence-electron chi connectivity index (χ2n) is 4.40. The van der Waals surface area contributed by atoms with Gasteiger partial charge < -0.3 is 25.6 Å². The number of urea groups is 1. The van der Waals surface area contributed by atoms with Gasteiger partial charge in [0.1, 0.15) is 6.04 Å². The number of carbonyl (C=O) groups is 3. The summed E-state index contributed by atoms with van der Waals surface area (Å²) in [4.78, 5) is 32.7. The lowest BCUT2D eigenvalue weighted by atomic mass is 10.0. The summed E-state index contributed by atoms with van der Waals surface area (Å²) < 4.78 is 5.17. The Kier molecular flexibility index (Phi) is 6.07. The van der Waals surface area contributed by atoms with Crippen molar-refractivity contribution in [3.63, 3.8) is 0 Å². The van der Waals surface area contributed by atoms with Crippen molar-refractivity contribution in [3.8, 4) is 0 Å². The van der Waals surface area contributed by atoms with Gasteiger partial charge in [0, 0.05) is 19.8 Å². The predicted molar refractivity (Wildman–Crippen MR) is 63.8 cm³/mol. The second-order valence-corrected chi connectivity index (χ2v) is 4.40. The Morgan fingerprint density at radius 2 is 1.84 bits per heavy atom. The molecule has 0 aromatic carbocycles. The molecule has 1 fully saturated rings. The molecule has 4 N–H and O–H groups in total. The van der Waals surface area contributed by atoms with Crippen LogP contribution in [0.3, 0.4) is 0 Å². The summed E-state index contributed by atoms with van der Waals surface area (Å²) in [6.45, 7) is 1.74. The Morgan fingerprint density at radius 3 is 2.37 bits per heavy atom. The molecule has 1 saturated heterocycles. The highest BCUT2D eigenvalue weighted by Crippen LogP contribution is 2.12. The molecule has 1 rings (SSSR count). The smallest absolute Gasteiger partial charge is 0.326 e. The molecular weight excluding hydrogens is 256 g/mol. The summed E-state index contributed by atoms with van der Waals surface area (Å²) in [5.74, 6) is -2.34. The van der Waals surface area contributed by atoms with Crippen molar-refractivity contribution in [3.05, 3.63) is 0 Å². The lowest BCUT2D eigenvalue weighted by Crippen LogP contribution is -2.48. The molecule has 1 heterocycles. The maximum Gasteiger partial charge on any atom is 0.326 e. The molecule has 1 aliphatic rings. The lowest BCUT2D eigenvalue weighted by molar-refractivity contribution is -0.145. The van der Waals surface area contributed by atoms with Gasteiger partial charge in [-0.2, -0.15) is 0 Å². The summed E-state index contributed by atoms with van der Waals surface area (Å²) in [5, 5.41) is 22.0. The Hall–Kier alpha value is -1.83. The van der Waals surface area contributed by atoms with Gasteiger partial charge in [0.05, 0.1) is 6.42 Å². The largest absolute Gasteiger partial charge is 0.481 e. The van der Waals surface area contributed by atoms with Gasteiger partial charge in [-0.1, -0.05) is 0 Å². The van der Waals surface area contributed by atoms with E-state index < -0.39 is 30.4 Å². The van der Waals surface area contributed by atoms with Crippen molar-refractivity contribution in [1.82, 2.24) is 10.6 Å². The second kappa shape index (κ2) is 7.57. The van der Waals surface area contributed by atoms with Crippen LogP contribution in [0.4, 0.5) is 4.79 Å². The van der Waals surface area contributed by atoms with Crippen LogP contribution in [0.5, 0.6) is 0 Å². The van der Waals surface area contributed by atoms with Gasteiger partial charge in [-0.15, -0.1) is 0 Å². The summed E-state index contributed by atoms with van der Waals surface area (Å²) in [5.41, 5.74) is 0. The number of ether oxygens (including phenoxy) is 1. The Bertz CT molecular complexity index is 340. The first-order valence-corrected chi connectivity index (χ1v) is 6.05. The molecule has 0 saturated carbocycles. The zero-order valence-corrected chi connectivity index (χ0v) is 10.4. The van der Waals surface area contributed by atoms with E-state index in [1.54, 1.807) is 0 Å². The van der Waals surface area contributed by atoms with Crippen LogP contribution < -0.4 is 10.6 Å². The van der Waals surface area contributed by atoms with Crippen molar-refractivity contribution in [2.45, 2.75) is 25.3 Å². The van der Waals surface area contributed by atoms with Crippen molar-refractivity contribution < 1.29 is 29.3 Å². The minimum Gasteiger partial charge on any atom is -0.481 e. The average molecular weight is 274 g/mol. The lowest BCUT2D eigenvalue weighted by Gasteiger charge is -2.22. The topological polar surface area (TPSA) is 125 Å². The molecule has 0 aromatic rings. The minimum absolute atomic E-state index is 0.308. The van der Waals surface area contributed by atoms with E-state index in [9.17, 15) is 14.4 Å². The Labute approximate surface area is 110 Å². The molecule has 0 unspecified atom stereocenters. The summed E-state index contributed by atoms with van der Waals surface area (Å²) >= 11 is 0. The van der Waals surface area contributed by atoms with Crippen LogP contribution in [0, 0.1) is 5.92 Å². The third-order valence-electron chi connectivity index (χ3n) is 2.87. The molecule has 19 heavy (non-hydrogen) atoms. The Balaban J connectivity index is 2.31. The number of aliphatic carboxylic acids is 2. The number of carboxylic acid groups (broad SMARTS) is 2. The fraction of sp³-hybridized carbons (Fsp3) is 0.727. The van der Waals surface area contributed by atoms with Crippen LogP contribution in [0.15, 0.2) is 0 Å². The van der Waals surface area contributed by atoms with Gasteiger partial charge in [-0.25, -0.2) is 9.59 Å². The molecule has 2 amide bonds. The van der Waals surface area contributed by atoms with E-state index in [-0.39, 0.29) is 0 Å². The van der Waals surface area contributed by atoms with E-state index in [0.29, 0.717) is 25.7 Å². The quantitative estimate of drug-likeness (QED) is 0.524. The van der Waals surface area contributed by atoms with E-state index >= 15 is 0 Å². The molecule has 0 bridgehead atoms. The number of rotatable bonds is 6. The van der Waals surface area contributed by atoms with Crippen LogP contribution >= 0.6 is 0 Å². The number of hydrogen-bond acceptors (Lipinski definition) is 4. The zero-order valence-electron chi connectivity index (χ0n) is 10.4. The summed E-state index contributed by atoms with van der Waals surface area (Å²) in [7, 11) is 0. The number of carboxylic acids is 2. The minimum atomic E-state index is -1.42. The fourth-order valence-corrected chi connectivity index (χ4v) is 1.77. The van der Waals surface area contributed by atoms with Crippen molar-refractivity contribution in [1.29, 1.82) is 0 Å². The molecule has 1 aliphatic heterocycles. The van der Waals surface area contributed by atoms with Gasteiger partial charge in [0.2, 0.25) is 0 Å². The Morgan fingerprint density at radius 1 is 1.21 bits per heavy atom. The number of amides is 2. The van der Waals surface area contributed by atoms with E-state index in [4.69, 9.17) is 14.9 Å². The molecule has 0 spiro atoms. The van der Waals surface area contributed by atoms with E-state index in [2.05, 4.69) is 10.6 Å².